The molecule has 0 aromatic carbocycles. The Kier molecular flexibility index (Phi) is 11.1. The molecule has 0 spiro atoms. The van der Waals surface area contributed by atoms with Gasteiger partial charge in [-0.1, -0.05) is 20.3 Å². The highest BCUT2D eigenvalue weighted by molar-refractivity contribution is 4.85. The molecule has 0 saturated carbocycles. The zero-order chi connectivity index (χ0) is 15.3. The molecule has 1 fully saturated rings. The maximum absolute atomic E-state index is 5.68. The van der Waals surface area contributed by atoms with E-state index in [1.54, 1.807) is 7.11 Å². The highest BCUT2D eigenvalue weighted by Gasteiger charge is 2.25. The number of hydrogen-bond acceptors (Lipinski definition) is 5. The van der Waals surface area contributed by atoms with Gasteiger partial charge in [-0.2, -0.15) is 0 Å². The van der Waals surface area contributed by atoms with Crippen molar-refractivity contribution in [2.75, 3.05) is 59.8 Å². The normalized spacial score (nSPS) is 23.6. The number of nitrogens with zero attached hydrogens (tertiary/aromatic N) is 1. The van der Waals surface area contributed by atoms with E-state index in [9.17, 15) is 0 Å². The van der Waals surface area contributed by atoms with Crippen molar-refractivity contribution in [2.45, 2.75) is 45.2 Å². The number of ether oxygens (including phenoxy) is 3. The minimum Gasteiger partial charge on any atom is -0.382 e. The Hall–Kier alpha value is -0.200. The Morgan fingerprint density at radius 2 is 1.76 bits per heavy atom. The highest BCUT2D eigenvalue weighted by atomic mass is 16.5. The van der Waals surface area contributed by atoms with E-state index >= 15 is 0 Å². The molecule has 5 nitrogen and oxygen atoms in total. The maximum atomic E-state index is 5.68. The van der Waals surface area contributed by atoms with Gasteiger partial charge in [0.15, 0.2) is 0 Å². The first-order valence-electron chi connectivity index (χ1n) is 8.43. The fourth-order valence-electron chi connectivity index (χ4n) is 2.79. The Labute approximate surface area is 130 Å². The maximum Gasteiger partial charge on any atom is 0.0701 e. The molecule has 1 rings (SSSR count). The lowest BCUT2D eigenvalue weighted by Gasteiger charge is -2.40. The molecular formula is C16H34N2O3. The summed E-state index contributed by atoms with van der Waals surface area (Å²) < 4.78 is 16.0. The van der Waals surface area contributed by atoms with E-state index in [-0.39, 0.29) is 0 Å². The summed E-state index contributed by atoms with van der Waals surface area (Å²) in [4.78, 5) is 2.59. The Morgan fingerprint density at radius 3 is 2.43 bits per heavy atom. The van der Waals surface area contributed by atoms with Crippen molar-refractivity contribution in [2.24, 2.45) is 0 Å². The smallest absolute Gasteiger partial charge is 0.0701 e. The number of nitrogens with one attached hydrogen (secondary N) is 1. The molecule has 0 aliphatic carbocycles. The summed E-state index contributed by atoms with van der Waals surface area (Å²) in [6, 6.07) is 1.30. The van der Waals surface area contributed by atoms with Gasteiger partial charge in [0.05, 0.1) is 33.0 Å². The second-order valence-electron chi connectivity index (χ2n) is 5.67. The van der Waals surface area contributed by atoms with Crippen LogP contribution >= 0.6 is 0 Å². The topological polar surface area (TPSA) is 43.0 Å². The molecule has 126 valence electrons. The summed E-state index contributed by atoms with van der Waals surface area (Å²) in [7, 11) is 1.68. The fourth-order valence-corrected chi connectivity index (χ4v) is 2.79. The van der Waals surface area contributed by atoms with E-state index in [1.807, 2.05) is 0 Å². The van der Waals surface area contributed by atoms with Crippen molar-refractivity contribution < 1.29 is 14.2 Å². The van der Waals surface area contributed by atoms with Crippen LogP contribution in [0.2, 0.25) is 0 Å². The average molecular weight is 302 g/mol. The quantitative estimate of drug-likeness (QED) is 0.554. The SMILES string of the molecule is CCCC1CN(CCOCCOCCOC)C(CC)CN1. The number of hydrogen-bond donors (Lipinski definition) is 1. The zero-order valence-corrected chi connectivity index (χ0v) is 14.1. The molecule has 0 aromatic rings. The van der Waals surface area contributed by atoms with E-state index in [2.05, 4.69) is 24.1 Å². The summed E-state index contributed by atoms with van der Waals surface area (Å²) in [5.74, 6) is 0. The van der Waals surface area contributed by atoms with Gasteiger partial charge < -0.3 is 19.5 Å². The van der Waals surface area contributed by atoms with E-state index in [1.165, 1.54) is 19.3 Å². The Bertz CT molecular complexity index is 242. The van der Waals surface area contributed by atoms with Crippen molar-refractivity contribution in [3.05, 3.63) is 0 Å². The van der Waals surface area contributed by atoms with Gasteiger partial charge in [-0.15, -0.1) is 0 Å². The number of methoxy groups -OCH3 is 1. The van der Waals surface area contributed by atoms with Crippen LogP contribution in [-0.4, -0.2) is 76.8 Å². The first-order valence-corrected chi connectivity index (χ1v) is 8.43. The van der Waals surface area contributed by atoms with Gasteiger partial charge in [0, 0.05) is 38.8 Å². The molecule has 1 saturated heterocycles. The monoisotopic (exact) mass is 302 g/mol. The summed E-state index contributed by atoms with van der Waals surface area (Å²) >= 11 is 0. The minimum atomic E-state index is 0.647. The minimum absolute atomic E-state index is 0.647. The van der Waals surface area contributed by atoms with Crippen LogP contribution in [-0.2, 0) is 14.2 Å². The predicted octanol–water partition coefficient (Wildman–Crippen LogP) is 1.52. The fraction of sp³-hybridized carbons (Fsp3) is 1.00. The van der Waals surface area contributed by atoms with E-state index in [4.69, 9.17) is 14.2 Å². The van der Waals surface area contributed by atoms with Crippen molar-refractivity contribution in [3.63, 3.8) is 0 Å². The second-order valence-corrected chi connectivity index (χ2v) is 5.67. The van der Waals surface area contributed by atoms with Crippen LogP contribution in [0.1, 0.15) is 33.1 Å². The summed E-state index contributed by atoms with van der Waals surface area (Å²) in [5.41, 5.74) is 0. The van der Waals surface area contributed by atoms with Crippen LogP contribution in [0.5, 0.6) is 0 Å². The van der Waals surface area contributed by atoms with E-state index in [0.717, 1.165) is 26.2 Å². The van der Waals surface area contributed by atoms with E-state index in [0.29, 0.717) is 38.5 Å². The molecule has 0 amide bonds. The molecule has 1 N–H and O–H groups in total. The largest absolute Gasteiger partial charge is 0.382 e. The summed E-state index contributed by atoms with van der Waals surface area (Å²) in [6.07, 6.45) is 3.71. The molecule has 2 atom stereocenters. The van der Waals surface area contributed by atoms with Crippen molar-refractivity contribution in [3.8, 4) is 0 Å². The molecule has 1 heterocycles. The molecule has 2 unspecified atom stereocenters. The average Bonchev–Trinajstić information content (AvgIpc) is 2.50. The van der Waals surface area contributed by atoms with Gasteiger partial charge in [0.2, 0.25) is 0 Å². The second kappa shape index (κ2) is 12.4. The van der Waals surface area contributed by atoms with Crippen molar-refractivity contribution in [1.29, 1.82) is 0 Å². The lowest BCUT2D eigenvalue weighted by atomic mass is 10.0. The van der Waals surface area contributed by atoms with Crippen LogP contribution in [0.3, 0.4) is 0 Å². The standard InChI is InChI=1S/C16H34N2O3/c1-4-6-15-14-18(16(5-2)13-17-15)7-8-20-11-12-21-10-9-19-3/h15-17H,4-14H2,1-3H3. The number of piperazine rings is 1. The van der Waals surface area contributed by atoms with Gasteiger partial charge in [-0.05, 0) is 12.8 Å². The lowest BCUT2D eigenvalue weighted by Crippen LogP contribution is -2.56. The first-order chi connectivity index (χ1) is 10.3. The Morgan fingerprint density at radius 1 is 1.05 bits per heavy atom. The molecule has 5 heteroatoms. The van der Waals surface area contributed by atoms with Crippen molar-refractivity contribution in [1.82, 2.24) is 10.2 Å². The third-order valence-electron chi connectivity index (χ3n) is 4.05. The first kappa shape index (κ1) is 18.8. The van der Waals surface area contributed by atoms with Gasteiger partial charge in [0.25, 0.3) is 0 Å². The molecule has 0 aromatic heterocycles. The molecule has 1 aliphatic heterocycles. The van der Waals surface area contributed by atoms with Crippen LogP contribution in [0.15, 0.2) is 0 Å². The third-order valence-corrected chi connectivity index (χ3v) is 4.05. The van der Waals surface area contributed by atoms with Crippen LogP contribution in [0.25, 0.3) is 0 Å². The highest BCUT2D eigenvalue weighted by Crippen LogP contribution is 2.12. The molecule has 0 bridgehead atoms. The van der Waals surface area contributed by atoms with Crippen LogP contribution < -0.4 is 5.32 Å². The third kappa shape index (κ3) is 8.12. The molecule has 21 heavy (non-hydrogen) atoms. The molecular weight excluding hydrogens is 268 g/mol. The molecule has 0 radical (unpaired) electrons. The zero-order valence-electron chi connectivity index (χ0n) is 14.1. The number of rotatable bonds is 12. The van der Waals surface area contributed by atoms with Gasteiger partial charge in [0.1, 0.15) is 0 Å². The summed E-state index contributed by atoms with van der Waals surface area (Å²) in [5, 5.41) is 3.67. The van der Waals surface area contributed by atoms with E-state index < -0.39 is 0 Å². The van der Waals surface area contributed by atoms with Crippen LogP contribution in [0, 0.1) is 0 Å². The van der Waals surface area contributed by atoms with Gasteiger partial charge >= 0.3 is 0 Å². The lowest BCUT2D eigenvalue weighted by molar-refractivity contribution is 0.0121. The van der Waals surface area contributed by atoms with Crippen molar-refractivity contribution >= 4 is 0 Å². The van der Waals surface area contributed by atoms with Gasteiger partial charge in [-0.3, -0.25) is 4.90 Å². The molecule has 1 aliphatic rings. The van der Waals surface area contributed by atoms with Crippen LogP contribution in [0.4, 0.5) is 0 Å². The Balaban J connectivity index is 2.09. The van der Waals surface area contributed by atoms with Gasteiger partial charge in [-0.25, -0.2) is 0 Å². The predicted molar refractivity (Wildman–Crippen MR) is 85.9 cm³/mol. The summed E-state index contributed by atoms with van der Waals surface area (Å²) in [6.45, 7) is 11.2.